The lowest BCUT2D eigenvalue weighted by Crippen LogP contribution is -2.42. The number of hydrogen-bond acceptors (Lipinski definition) is 4. The summed E-state index contributed by atoms with van der Waals surface area (Å²) in [7, 11) is -3.63. The number of para-hydroxylation sites is 1. The Morgan fingerprint density at radius 2 is 1.43 bits per heavy atom. The molecule has 4 rings (SSSR count). The lowest BCUT2D eigenvalue weighted by atomic mass is 9.94. The van der Waals surface area contributed by atoms with E-state index in [4.69, 9.17) is 0 Å². The molecule has 7 nitrogen and oxygen atoms in total. The van der Waals surface area contributed by atoms with Crippen LogP contribution in [-0.4, -0.2) is 37.6 Å². The van der Waals surface area contributed by atoms with E-state index in [1.165, 1.54) is 28.6 Å². The first kappa shape index (κ1) is 26.6. The maximum absolute atomic E-state index is 13.1. The van der Waals surface area contributed by atoms with Crippen LogP contribution < -0.4 is 10.6 Å². The summed E-state index contributed by atoms with van der Waals surface area (Å²) >= 11 is 0. The molecule has 0 unspecified atom stereocenters. The van der Waals surface area contributed by atoms with Gasteiger partial charge in [-0.3, -0.25) is 9.59 Å². The maximum Gasteiger partial charge on any atom is 0.255 e. The summed E-state index contributed by atoms with van der Waals surface area (Å²) in [6, 6.07) is 22.1. The van der Waals surface area contributed by atoms with Gasteiger partial charge in [0.15, 0.2) is 0 Å². The molecule has 0 radical (unpaired) electrons. The van der Waals surface area contributed by atoms with Gasteiger partial charge < -0.3 is 10.6 Å². The van der Waals surface area contributed by atoms with Crippen molar-refractivity contribution in [2.24, 2.45) is 11.8 Å². The fourth-order valence-corrected chi connectivity index (χ4v) is 6.49. The zero-order valence-electron chi connectivity index (χ0n) is 21.3. The lowest BCUT2D eigenvalue weighted by Gasteiger charge is -2.34. The minimum Gasteiger partial charge on any atom is -0.345 e. The van der Waals surface area contributed by atoms with Crippen LogP contribution in [-0.2, 0) is 10.0 Å². The van der Waals surface area contributed by atoms with Gasteiger partial charge in [0.05, 0.1) is 22.2 Å². The normalized spacial score (nSPS) is 19.1. The quantitative estimate of drug-likeness (QED) is 0.454. The molecule has 8 heteroatoms. The minimum absolute atomic E-state index is 0.167. The molecule has 2 amide bonds. The number of benzene rings is 3. The number of carbonyl (C=O) groups is 2. The molecule has 1 saturated heterocycles. The van der Waals surface area contributed by atoms with E-state index < -0.39 is 15.9 Å². The van der Waals surface area contributed by atoms with Crippen molar-refractivity contribution in [3.63, 3.8) is 0 Å². The third-order valence-electron chi connectivity index (χ3n) is 6.66. The number of hydrogen-bond donors (Lipinski definition) is 2. The van der Waals surface area contributed by atoms with E-state index in [0.29, 0.717) is 41.7 Å². The maximum atomic E-state index is 13.1. The number of anilines is 1. The molecule has 0 spiro atoms. The Kier molecular flexibility index (Phi) is 8.10. The highest BCUT2D eigenvalue weighted by Gasteiger charge is 2.31. The highest BCUT2D eigenvalue weighted by molar-refractivity contribution is 7.89. The number of rotatable bonds is 7. The molecule has 1 heterocycles. The summed E-state index contributed by atoms with van der Waals surface area (Å²) in [6.45, 7) is 7.01. The number of nitrogens with one attached hydrogen (secondary N) is 2. The Morgan fingerprint density at radius 3 is 2.08 bits per heavy atom. The zero-order valence-corrected chi connectivity index (χ0v) is 22.2. The summed E-state index contributed by atoms with van der Waals surface area (Å²) in [5.74, 6) is -0.132. The van der Waals surface area contributed by atoms with Crippen molar-refractivity contribution < 1.29 is 18.0 Å². The van der Waals surface area contributed by atoms with Gasteiger partial charge in [0.1, 0.15) is 0 Å². The summed E-state index contributed by atoms with van der Waals surface area (Å²) in [5.41, 5.74) is 1.98. The topological polar surface area (TPSA) is 95.6 Å². The first-order valence-corrected chi connectivity index (χ1v) is 14.0. The van der Waals surface area contributed by atoms with E-state index in [0.717, 1.165) is 12.0 Å². The molecular weight excluding hydrogens is 486 g/mol. The van der Waals surface area contributed by atoms with Gasteiger partial charge >= 0.3 is 0 Å². The van der Waals surface area contributed by atoms with Crippen LogP contribution in [0.2, 0.25) is 0 Å². The number of carbonyl (C=O) groups excluding carboxylic acids is 2. The molecule has 0 saturated carbocycles. The Morgan fingerprint density at radius 1 is 0.838 bits per heavy atom. The van der Waals surface area contributed by atoms with E-state index in [1.807, 2.05) is 37.3 Å². The predicted molar refractivity (Wildman–Crippen MR) is 145 cm³/mol. The molecule has 1 aliphatic heterocycles. The molecule has 0 aromatic heterocycles. The summed E-state index contributed by atoms with van der Waals surface area (Å²) in [6.07, 6.45) is 1.01. The van der Waals surface area contributed by atoms with E-state index in [9.17, 15) is 18.0 Å². The smallest absolute Gasteiger partial charge is 0.255 e. The van der Waals surface area contributed by atoms with E-state index in [-0.39, 0.29) is 16.8 Å². The van der Waals surface area contributed by atoms with Crippen LogP contribution in [0, 0.1) is 11.8 Å². The fourth-order valence-electron chi connectivity index (χ4n) is 4.81. The van der Waals surface area contributed by atoms with Crippen LogP contribution in [0.25, 0.3) is 0 Å². The first-order chi connectivity index (χ1) is 17.6. The Labute approximate surface area is 218 Å². The fraction of sp³-hybridized carbons (Fsp3) is 0.310. The van der Waals surface area contributed by atoms with Crippen molar-refractivity contribution in [2.45, 2.75) is 38.1 Å². The molecule has 3 aromatic rings. The van der Waals surface area contributed by atoms with Crippen LogP contribution in [0.1, 0.15) is 59.5 Å². The molecule has 37 heavy (non-hydrogen) atoms. The van der Waals surface area contributed by atoms with Gasteiger partial charge in [0.2, 0.25) is 10.0 Å². The van der Waals surface area contributed by atoms with Crippen molar-refractivity contribution in [1.82, 2.24) is 9.62 Å². The molecule has 1 fully saturated rings. The Hall–Kier alpha value is -3.49. The van der Waals surface area contributed by atoms with Crippen molar-refractivity contribution in [3.8, 4) is 0 Å². The summed E-state index contributed by atoms with van der Waals surface area (Å²) in [5, 5.41) is 5.76. The molecule has 194 valence electrons. The second kappa shape index (κ2) is 11.3. The van der Waals surface area contributed by atoms with Gasteiger partial charge in [-0.15, -0.1) is 0 Å². The average molecular weight is 520 g/mol. The van der Waals surface area contributed by atoms with Crippen LogP contribution in [0.5, 0.6) is 0 Å². The van der Waals surface area contributed by atoms with Gasteiger partial charge in [-0.25, -0.2) is 8.42 Å². The van der Waals surface area contributed by atoms with Gasteiger partial charge in [-0.1, -0.05) is 56.3 Å². The molecule has 0 aliphatic carbocycles. The number of sulfonamides is 1. The molecular formula is C29H33N3O4S. The van der Waals surface area contributed by atoms with Gasteiger partial charge in [0.25, 0.3) is 11.8 Å². The molecule has 3 aromatic carbocycles. The predicted octanol–water partition coefficient (Wildman–Crippen LogP) is 5.10. The third kappa shape index (κ3) is 6.26. The van der Waals surface area contributed by atoms with Crippen LogP contribution in [0.15, 0.2) is 83.8 Å². The van der Waals surface area contributed by atoms with Crippen LogP contribution in [0.3, 0.4) is 0 Å². The van der Waals surface area contributed by atoms with E-state index in [1.54, 1.807) is 24.3 Å². The second-order valence-electron chi connectivity index (χ2n) is 9.90. The Balaban J connectivity index is 1.46. The molecule has 2 N–H and O–H groups in total. The van der Waals surface area contributed by atoms with Gasteiger partial charge in [-0.2, -0.15) is 4.31 Å². The SMILES string of the molecule is C[C@@H]1C[C@@H](C)CN(S(=O)(=O)c2ccc(C(=O)Nc3ccccc3C(=O)N[C@H](C)c3ccccc3)cc2)C1. The molecule has 1 aliphatic rings. The van der Waals surface area contributed by atoms with Crippen LogP contribution >= 0.6 is 0 Å². The molecule has 0 bridgehead atoms. The van der Waals surface area contributed by atoms with Crippen LogP contribution in [0.4, 0.5) is 5.69 Å². The zero-order chi connectivity index (χ0) is 26.6. The lowest BCUT2D eigenvalue weighted by molar-refractivity contribution is 0.0940. The van der Waals surface area contributed by atoms with E-state index in [2.05, 4.69) is 24.5 Å². The monoisotopic (exact) mass is 519 g/mol. The summed E-state index contributed by atoms with van der Waals surface area (Å²) < 4.78 is 27.8. The highest BCUT2D eigenvalue weighted by Crippen LogP contribution is 2.27. The highest BCUT2D eigenvalue weighted by atomic mass is 32.2. The average Bonchev–Trinajstić information content (AvgIpc) is 2.89. The molecule has 3 atom stereocenters. The van der Waals surface area contributed by atoms with Crippen molar-refractivity contribution in [1.29, 1.82) is 0 Å². The number of nitrogens with zero attached hydrogens (tertiary/aromatic N) is 1. The third-order valence-corrected chi connectivity index (χ3v) is 8.50. The summed E-state index contributed by atoms with van der Waals surface area (Å²) in [4.78, 5) is 26.1. The number of piperidine rings is 1. The second-order valence-corrected chi connectivity index (χ2v) is 11.8. The van der Waals surface area contributed by atoms with Crippen molar-refractivity contribution in [2.75, 3.05) is 18.4 Å². The Bertz CT molecular complexity index is 1350. The van der Waals surface area contributed by atoms with Crippen molar-refractivity contribution >= 4 is 27.5 Å². The number of amides is 2. The standard InChI is InChI=1S/C29H33N3O4S/c1-20-17-21(2)19-32(18-20)37(35,36)25-15-13-24(14-16-25)28(33)31-27-12-8-7-11-26(27)29(34)30-22(3)23-9-5-4-6-10-23/h4-16,20-22H,17-19H2,1-3H3,(H,30,34)(H,31,33)/t20-,21-,22-/m1/s1. The van der Waals surface area contributed by atoms with Crippen molar-refractivity contribution in [3.05, 3.63) is 95.6 Å². The largest absolute Gasteiger partial charge is 0.345 e. The van der Waals surface area contributed by atoms with Gasteiger partial charge in [-0.05, 0) is 67.1 Å². The first-order valence-electron chi connectivity index (χ1n) is 12.5. The van der Waals surface area contributed by atoms with E-state index >= 15 is 0 Å². The minimum atomic E-state index is -3.63. The van der Waals surface area contributed by atoms with Gasteiger partial charge in [0, 0.05) is 18.7 Å².